The van der Waals surface area contributed by atoms with Gasteiger partial charge in [0.05, 0.1) is 12.6 Å². The lowest BCUT2D eigenvalue weighted by Crippen LogP contribution is -2.41. The van der Waals surface area contributed by atoms with Crippen molar-refractivity contribution in [3.05, 3.63) is 45.9 Å². The van der Waals surface area contributed by atoms with E-state index in [0.29, 0.717) is 0 Å². The van der Waals surface area contributed by atoms with Crippen molar-refractivity contribution in [1.29, 1.82) is 0 Å². The number of thiazole rings is 1. The fourth-order valence-corrected chi connectivity index (χ4v) is 3.30. The molecule has 0 aliphatic heterocycles. The molecule has 0 bridgehead atoms. The van der Waals surface area contributed by atoms with Gasteiger partial charge in [0.25, 0.3) is 0 Å². The van der Waals surface area contributed by atoms with Crippen molar-refractivity contribution in [3.63, 3.8) is 0 Å². The molecular formula is C16H22N2OS. The molecule has 0 amide bonds. The van der Waals surface area contributed by atoms with E-state index in [4.69, 9.17) is 4.74 Å². The van der Waals surface area contributed by atoms with Gasteiger partial charge in [0.2, 0.25) is 0 Å². The first-order valence-corrected chi connectivity index (χ1v) is 7.76. The van der Waals surface area contributed by atoms with E-state index in [0.717, 1.165) is 29.4 Å². The van der Waals surface area contributed by atoms with Crippen LogP contribution in [-0.4, -0.2) is 18.6 Å². The van der Waals surface area contributed by atoms with Crippen molar-refractivity contribution in [2.24, 2.45) is 0 Å². The van der Waals surface area contributed by atoms with Gasteiger partial charge in [-0.05, 0) is 44.5 Å². The maximum absolute atomic E-state index is 5.21. The zero-order valence-electron chi connectivity index (χ0n) is 12.6. The molecule has 0 spiro atoms. The molecule has 0 aliphatic rings. The summed E-state index contributed by atoms with van der Waals surface area (Å²) in [6.07, 6.45) is 0.914. The number of methoxy groups -OCH3 is 1. The normalized spacial score (nSPS) is 14.0. The highest BCUT2D eigenvalue weighted by molar-refractivity contribution is 7.09. The zero-order chi connectivity index (χ0) is 14.6. The summed E-state index contributed by atoms with van der Waals surface area (Å²) < 4.78 is 5.21. The fraction of sp³-hybridized carbons (Fsp3) is 0.438. The Labute approximate surface area is 125 Å². The fourth-order valence-electron chi connectivity index (χ4n) is 2.36. The van der Waals surface area contributed by atoms with E-state index in [1.165, 1.54) is 5.56 Å². The van der Waals surface area contributed by atoms with Gasteiger partial charge in [0.15, 0.2) is 0 Å². The summed E-state index contributed by atoms with van der Waals surface area (Å²) in [4.78, 5) is 4.66. The molecule has 108 valence electrons. The molecule has 3 nitrogen and oxygen atoms in total. The van der Waals surface area contributed by atoms with Crippen LogP contribution in [0.3, 0.4) is 0 Å². The first kappa shape index (κ1) is 15.0. The second-order valence-corrected chi connectivity index (χ2v) is 6.04. The molecule has 0 saturated carbocycles. The molecule has 0 aliphatic carbocycles. The second-order valence-electron chi connectivity index (χ2n) is 5.18. The van der Waals surface area contributed by atoms with E-state index in [-0.39, 0.29) is 5.54 Å². The highest BCUT2D eigenvalue weighted by Crippen LogP contribution is 2.28. The Balaban J connectivity index is 2.23. The Hall–Kier alpha value is -1.39. The summed E-state index contributed by atoms with van der Waals surface area (Å²) >= 11 is 1.73. The predicted molar refractivity (Wildman–Crippen MR) is 84.6 cm³/mol. The first-order valence-electron chi connectivity index (χ1n) is 6.88. The molecule has 1 N–H and O–H groups in total. The summed E-state index contributed by atoms with van der Waals surface area (Å²) in [6.45, 7) is 7.32. The van der Waals surface area contributed by atoms with Crippen molar-refractivity contribution < 1.29 is 4.74 Å². The number of benzene rings is 1. The van der Waals surface area contributed by atoms with Crippen LogP contribution in [0.2, 0.25) is 0 Å². The summed E-state index contributed by atoms with van der Waals surface area (Å²) in [5.41, 5.74) is 2.24. The number of nitrogens with zero attached hydrogens (tertiary/aromatic N) is 1. The van der Waals surface area contributed by atoms with Gasteiger partial charge < -0.3 is 10.1 Å². The summed E-state index contributed by atoms with van der Waals surface area (Å²) in [7, 11) is 1.69. The van der Waals surface area contributed by atoms with E-state index in [2.05, 4.69) is 41.7 Å². The SMILES string of the molecule is CCNC(C)(Cc1ccc(OC)cc1)c1nc(C)cs1. The van der Waals surface area contributed by atoms with Gasteiger partial charge in [-0.25, -0.2) is 4.98 Å². The minimum Gasteiger partial charge on any atom is -0.497 e. The van der Waals surface area contributed by atoms with Crippen LogP contribution in [0, 0.1) is 6.92 Å². The van der Waals surface area contributed by atoms with Crippen LogP contribution in [-0.2, 0) is 12.0 Å². The number of likely N-dealkylation sites (N-methyl/N-ethyl adjacent to an activating group) is 1. The van der Waals surface area contributed by atoms with Crippen LogP contribution in [0.1, 0.15) is 30.1 Å². The topological polar surface area (TPSA) is 34.1 Å². The lowest BCUT2D eigenvalue weighted by atomic mass is 9.93. The van der Waals surface area contributed by atoms with E-state index >= 15 is 0 Å². The zero-order valence-corrected chi connectivity index (χ0v) is 13.4. The van der Waals surface area contributed by atoms with E-state index < -0.39 is 0 Å². The monoisotopic (exact) mass is 290 g/mol. The number of hydrogen-bond acceptors (Lipinski definition) is 4. The van der Waals surface area contributed by atoms with Crippen LogP contribution >= 0.6 is 11.3 Å². The van der Waals surface area contributed by atoms with Gasteiger partial charge in [-0.2, -0.15) is 0 Å². The van der Waals surface area contributed by atoms with Gasteiger partial charge in [0, 0.05) is 11.1 Å². The summed E-state index contributed by atoms with van der Waals surface area (Å²) in [5.74, 6) is 0.893. The smallest absolute Gasteiger partial charge is 0.118 e. The summed E-state index contributed by atoms with van der Waals surface area (Å²) in [5, 5.41) is 6.84. The van der Waals surface area contributed by atoms with E-state index in [1.807, 2.05) is 19.1 Å². The lowest BCUT2D eigenvalue weighted by molar-refractivity contribution is 0.370. The molecule has 20 heavy (non-hydrogen) atoms. The van der Waals surface area contributed by atoms with E-state index in [1.54, 1.807) is 18.4 Å². The molecule has 4 heteroatoms. The quantitative estimate of drug-likeness (QED) is 0.884. The van der Waals surface area contributed by atoms with Gasteiger partial charge in [-0.1, -0.05) is 19.1 Å². The number of nitrogens with one attached hydrogen (secondary N) is 1. The van der Waals surface area contributed by atoms with Gasteiger partial charge in [0.1, 0.15) is 10.8 Å². The van der Waals surface area contributed by atoms with Crippen LogP contribution in [0.25, 0.3) is 0 Å². The van der Waals surface area contributed by atoms with Gasteiger partial charge >= 0.3 is 0 Å². The molecule has 1 unspecified atom stereocenters. The van der Waals surface area contributed by atoms with Crippen LogP contribution < -0.4 is 10.1 Å². The summed E-state index contributed by atoms with van der Waals surface area (Å²) in [6, 6.07) is 8.26. The Morgan fingerprint density at radius 3 is 2.50 bits per heavy atom. The van der Waals surface area contributed by atoms with Crippen molar-refractivity contribution in [2.45, 2.75) is 32.7 Å². The number of aryl methyl sites for hydroxylation is 1. The Morgan fingerprint density at radius 1 is 1.30 bits per heavy atom. The van der Waals surface area contributed by atoms with E-state index in [9.17, 15) is 0 Å². The van der Waals surface area contributed by atoms with Gasteiger partial charge in [-0.3, -0.25) is 0 Å². The van der Waals surface area contributed by atoms with Crippen molar-refractivity contribution in [3.8, 4) is 5.75 Å². The second kappa shape index (κ2) is 6.37. The third kappa shape index (κ3) is 3.38. The molecule has 2 aromatic rings. The third-order valence-electron chi connectivity index (χ3n) is 3.37. The minimum absolute atomic E-state index is 0.123. The highest BCUT2D eigenvalue weighted by Gasteiger charge is 2.29. The standard InChI is InChI=1S/C16H22N2OS/c1-5-17-16(3,15-18-12(2)11-20-15)10-13-6-8-14(19-4)9-7-13/h6-9,11,17H,5,10H2,1-4H3. The Bertz CT molecular complexity index is 550. The van der Waals surface area contributed by atoms with Crippen LogP contribution in [0.15, 0.2) is 29.6 Å². The van der Waals surface area contributed by atoms with Crippen molar-refractivity contribution in [2.75, 3.05) is 13.7 Å². The van der Waals surface area contributed by atoms with Crippen molar-refractivity contribution >= 4 is 11.3 Å². The maximum Gasteiger partial charge on any atom is 0.118 e. The largest absolute Gasteiger partial charge is 0.497 e. The number of rotatable bonds is 6. The lowest BCUT2D eigenvalue weighted by Gasteiger charge is -2.28. The Morgan fingerprint density at radius 2 is 2.00 bits per heavy atom. The third-order valence-corrected chi connectivity index (χ3v) is 4.60. The molecule has 2 rings (SSSR count). The average molecular weight is 290 g/mol. The average Bonchev–Trinajstić information content (AvgIpc) is 2.87. The molecule has 0 fully saturated rings. The van der Waals surface area contributed by atoms with Crippen LogP contribution in [0.5, 0.6) is 5.75 Å². The number of ether oxygens (including phenoxy) is 1. The molecule has 1 aromatic carbocycles. The molecule has 1 heterocycles. The highest BCUT2D eigenvalue weighted by atomic mass is 32.1. The predicted octanol–water partition coefficient (Wildman–Crippen LogP) is 3.53. The molecular weight excluding hydrogens is 268 g/mol. The van der Waals surface area contributed by atoms with Crippen molar-refractivity contribution in [1.82, 2.24) is 10.3 Å². The number of aromatic nitrogens is 1. The Kier molecular flexibility index (Phi) is 4.78. The maximum atomic E-state index is 5.21. The molecule has 0 radical (unpaired) electrons. The molecule has 1 atom stereocenters. The van der Waals surface area contributed by atoms with Gasteiger partial charge in [-0.15, -0.1) is 11.3 Å². The number of hydrogen-bond donors (Lipinski definition) is 1. The van der Waals surface area contributed by atoms with Crippen LogP contribution in [0.4, 0.5) is 0 Å². The minimum atomic E-state index is -0.123. The molecule has 0 saturated heterocycles. The first-order chi connectivity index (χ1) is 9.57. The molecule has 1 aromatic heterocycles.